The molecule has 1 aromatic rings. The SMILES string of the molecule is CC(=O)NC(C(=O)O)c1ccc(CO)cc1. The number of nitrogens with one attached hydrogen (secondary N) is 1. The predicted octanol–water partition coefficient (Wildman–Crippen LogP) is 0.441. The fourth-order valence-electron chi connectivity index (χ4n) is 1.31. The summed E-state index contributed by atoms with van der Waals surface area (Å²) in [4.78, 5) is 21.8. The van der Waals surface area contributed by atoms with E-state index in [-0.39, 0.29) is 6.61 Å². The zero-order chi connectivity index (χ0) is 12.1. The molecule has 0 fully saturated rings. The van der Waals surface area contributed by atoms with Gasteiger partial charge in [0, 0.05) is 6.92 Å². The number of aliphatic hydroxyl groups excluding tert-OH is 1. The lowest BCUT2D eigenvalue weighted by Gasteiger charge is -2.13. The zero-order valence-electron chi connectivity index (χ0n) is 8.80. The number of aliphatic hydroxyl groups is 1. The van der Waals surface area contributed by atoms with Crippen LogP contribution in [0.2, 0.25) is 0 Å². The van der Waals surface area contributed by atoms with Crippen LogP contribution in [-0.2, 0) is 16.2 Å². The molecular weight excluding hydrogens is 210 g/mol. The largest absolute Gasteiger partial charge is 0.479 e. The molecule has 1 rings (SSSR count). The van der Waals surface area contributed by atoms with E-state index in [1.165, 1.54) is 6.92 Å². The van der Waals surface area contributed by atoms with Crippen molar-refractivity contribution in [2.24, 2.45) is 0 Å². The molecule has 0 aliphatic carbocycles. The van der Waals surface area contributed by atoms with Gasteiger partial charge in [-0.05, 0) is 11.1 Å². The van der Waals surface area contributed by atoms with Crippen LogP contribution in [-0.4, -0.2) is 22.1 Å². The van der Waals surface area contributed by atoms with Gasteiger partial charge in [0.25, 0.3) is 0 Å². The van der Waals surface area contributed by atoms with Crippen molar-refractivity contribution >= 4 is 11.9 Å². The first-order valence-electron chi connectivity index (χ1n) is 4.74. The molecule has 3 N–H and O–H groups in total. The minimum absolute atomic E-state index is 0.0991. The molecule has 0 saturated carbocycles. The van der Waals surface area contributed by atoms with Crippen molar-refractivity contribution < 1.29 is 19.8 Å². The Morgan fingerprint density at radius 1 is 1.31 bits per heavy atom. The number of aliphatic carboxylic acids is 1. The van der Waals surface area contributed by atoms with Gasteiger partial charge in [-0.25, -0.2) is 4.79 Å². The number of amides is 1. The van der Waals surface area contributed by atoms with Crippen LogP contribution < -0.4 is 5.32 Å². The summed E-state index contributed by atoms with van der Waals surface area (Å²) >= 11 is 0. The first-order chi connectivity index (χ1) is 7.54. The Balaban J connectivity index is 2.92. The van der Waals surface area contributed by atoms with Gasteiger partial charge >= 0.3 is 5.97 Å². The lowest BCUT2D eigenvalue weighted by Crippen LogP contribution is -2.31. The molecule has 0 spiro atoms. The summed E-state index contributed by atoms with van der Waals surface area (Å²) in [5.74, 6) is -1.52. The van der Waals surface area contributed by atoms with Gasteiger partial charge in [-0.15, -0.1) is 0 Å². The molecule has 86 valence electrons. The van der Waals surface area contributed by atoms with Crippen LogP contribution in [0.15, 0.2) is 24.3 Å². The van der Waals surface area contributed by atoms with Crippen molar-refractivity contribution in [3.8, 4) is 0 Å². The van der Waals surface area contributed by atoms with Crippen molar-refractivity contribution in [3.63, 3.8) is 0 Å². The molecule has 1 amide bonds. The maximum Gasteiger partial charge on any atom is 0.330 e. The summed E-state index contributed by atoms with van der Waals surface area (Å²) in [6.45, 7) is 1.16. The first-order valence-corrected chi connectivity index (χ1v) is 4.74. The second-order valence-electron chi connectivity index (χ2n) is 3.37. The molecule has 0 bridgehead atoms. The summed E-state index contributed by atoms with van der Waals surface area (Å²) in [7, 11) is 0. The third-order valence-electron chi connectivity index (χ3n) is 2.09. The highest BCUT2D eigenvalue weighted by atomic mass is 16.4. The molecule has 16 heavy (non-hydrogen) atoms. The first kappa shape index (κ1) is 12.2. The Morgan fingerprint density at radius 3 is 2.25 bits per heavy atom. The smallest absolute Gasteiger partial charge is 0.330 e. The van der Waals surface area contributed by atoms with Gasteiger partial charge in [0.1, 0.15) is 0 Å². The zero-order valence-corrected chi connectivity index (χ0v) is 8.80. The van der Waals surface area contributed by atoms with Crippen molar-refractivity contribution in [2.45, 2.75) is 19.6 Å². The van der Waals surface area contributed by atoms with Crippen LogP contribution in [0.5, 0.6) is 0 Å². The van der Waals surface area contributed by atoms with E-state index >= 15 is 0 Å². The van der Waals surface area contributed by atoms with Crippen LogP contribution in [0, 0.1) is 0 Å². The standard InChI is InChI=1S/C11H13NO4/c1-7(14)12-10(11(15)16)9-4-2-8(6-13)3-5-9/h2-5,10,13H,6H2,1H3,(H,12,14)(H,15,16). The van der Waals surface area contributed by atoms with Gasteiger partial charge in [0.2, 0.25) is 5.91 Å². The average molecular weight is 223 g/mol. The van der Waals surface area contributed by atoms with E-state index in [9.17, 15) is 9.59 Å². The summed E-state index contributed by atoms with van der Waals surface area (Å²) in [5, 5.41) is 20.1. The number of benzene rings is 1. The van der Waals surface area contributed by atoms with E-state index < -0.39 is 17.9 Å². The Labute approximate surface area is 92.7 Å². The van der Waals surface area contributed by atoms with E-state index in [2.05, 4.69) is 5.32 Å². The minimum atomic E-state index is -1.12. The van der Waals surface area contributed by atoms with Crippen LogP contribution in [0.3, 0.4) is 0 Å². The summed E-state index contributed by atoms with van der Waals surface area (Å²) < 4.78 is 0. The molecule has 1 aromatic carbocycles. The number of carbonyl (C=O) groups is 2. The highest BCUT2D eigenvalue weighted by Gasteiger charge is 2.20. The highest BCUT2D eigenvalue weighted by Crippen LogP contribution is 2.14. The average Bonchev–Trinajstić information content (AvgIpc) is 2.25. The number of carbonyl (C=O) groups excluding carboxylic acids is 1. The second-order valence-corrected chi connectivity index (χ2v) is 3.37. The normalized spacial score (nSPS) is 11.9. The molecule has 0 radical (unpaired) electrons. The van der Waals surface area contributed by atoms with Crippen LogP contribution >= 0.6 is 0 Å². The molecule has 0 heterocycles. The van der Waals surface area contributed by atoms with Crippen LogP contribution in [0.1, 0.15) is 24.1 Å². The van der Waals surface area contributed by atoms with Crippen molar-refractivity contribution in [3.05, 3.63) is 35.4 Å². The predicted molar refractivity (Wildman–Crippen MR) is 56.6 cm³/mol. The monoisotopic (exact) mass is 223 g/mol. The molecule has 0 aromatic heterocycles. The van der Waals surface area contributed by atoms with E-state index in [1.807, 2.05) is 0 Å². The van der Waals surface area contributed by atoms with Crippen molar-refractivity contribution in [2.75, 3.05) is 0 Å². The van der Waals surface area contributed by atoms with E-state index in [0.717, 1.165) is 0 Å². The fraction of sp³-hybridized carbons (Fsp3) is 0.273. The summed E-state index contributed by atoms with van der Waals surface area (Å²) in [6.07, 6.45) is 0. The van der Waals surface area contributed by atoms with Crippen LogP contribution in [0.25, 0.3) is 0 Å². The maximum absolute atomic E-state index is 10.9. The highest BCUT2D eigenvalue weighted by molar-refractivity contribution is 5.83. The summed E-state index contributed by atoms with van der Waals surface area (Å²) in [5.41, 5.74) is 1.16. The van der Waals surface area contributed by atoms with Crippen LogP contribution in [0.4, 0.5) is 0 Å². The second kappa shape index (κ2) is 5.27. The Hall–Kier alpha value is -1.88. The lowest BCUT2D eigenvalue weighted by molar-refractivity contribution is -0.141. The number of carboxylic acids is 1. The number of rotatable bonds is 4. The Bertz CT molecular complexity index is 385. The van der Waals surface area contributed by atoms with Gasteiger partial charge in [-0.1, -0.05) is 24.3 Å². The third kappa shape index (κ3) is 3.06. The van der Waals surface area contributed by atoms with Gasteiger partial charge < -0.3 is 15.5 Å². The lowest BCUT2D eigenvalue weighted by atomic mass is 10.1. The molecule has 0 saturated heterocycles. The van der Waals surface area contributed by atoms with E-state index in [4.69, 9.17) is 10.2 Å². The van der Waals surface area contributed by atoms with Crippen molar-refractivity contribution in [1.29, 1.82) is 0 Å². The Kier molecular flexibility index (Phi) is 4.02. The number of carboxylic acid groups (broad SMARTS) is 1. The van der Waals surface area contributed by atoms with E-state index in [0.29, 0.717) is 11.1 Å². The molecule has 5 nitrogen and oxygen atoms in total. The Morgan fingerprint density at radius 2 is 1.88 bits per heavy atom. The molecule has 5 heteroatoms. The minimum Gasteiger partial charge on any atom is -0.479 e. The topological polar surface area (TPSA) is 86.6 Å². The number of hydrogen-bond donors (Lipinski definition) is 3. The van der Waals surface area contributed by atoms with Gasteiger partial charge in [-0.2, -0.15) is 0 Å². The maximum atomic E-state index is 10.9. The third-order valence-corrected chi connectivity index (χ3v) is 2.09. The number of hydrogen-bond acceptors (Lipinski definition) is 3. The van der Waals surface area contributed by atoms with Gasteiger partial charge in [0.05, 0.1) is 6.61 Å². The summed E-state index contributed by atoms with van der Waals surface area (Å²) in [6, 6.07) is 5.33. The molecule has 1 unspecified atom stereocenters. The van der Waals surface area contributed by atoms with E-state index in [1.54, 1.807) is 24.3 Å². The molecule has 1 atom stereocenters. The fourth-order valence-corrected chi connectivity index (χ4v) is 1.31. The van der Waals surface area contributed by atoms with Gasteiger partial charge in [-0.3, -0.25) is 4.79 Å². The molecular formula is C11H13NO4. The quantitative estimate of drug-likeness (QED) is 0.691. The molecule has 0 aliphatic rings. The molecule has 0 aliphatic heterocycles. The van der Waals surface area contributed by atoms with Crippen molar-refractivity contribution in [1.82, 2.24) is 5.32 Å². The van der Waals surface area contributed by atoms with Gasteiger partial charge in [0.15, 0.2) is 6.04 Å².